The van der Waals surface area contributed by atoms with Crippen LogP contribution in [0.25, 0.3) is 5.83 Å². The molecule has 0 spiro atoms. The number of halogens is 3. The van der Waals surface area contributed by atoms with E-state index in [4.69, 9.17) is 5.11 Å². The smallest absolute Gasteiger partial charge is 0.372 e. The van der Waals surface area contributed by atoms with Gasteiger partial charge in [-0.25, -0.2) is 18.6 Å². The van der Waals surface area contributed by atoms with Gasteiger partial charge >= 0.3 is 11.8 Å². The lowest BCUT2D eigenvalue weighted by Crippen LogP contribution is -2.31. The highest BCUT2D eigenvalue weighted by atomic mass is 19.2. The molecule has 0 fully saturated rings. The van der Waals surface area contributed by atoms with Gasteiger partial charge < -0.3 is 5.11 Å². The van der Waals surface area contributed by atoms with Gasteiger partial charge in [0.15, 0.2) is 5.83 Å². The second-order valence-electron chi connectivity index (χ2n) is 3.44. The predicted molar refractivity (Wildman–Crippen MR) is 47.9 cm³/mol. The van der Waals surface area contributed by atoms with Crippen molar-refractivity contribution < 1.29 is 23.1 Å². The SMILES string of the molecule is Cc1ccc2c(c1F)=C(F)C(F)(C(=O)O)N=2. The van der Waals surface area contributed by atoms with Crippen molar-refractivity contribution in [2.75, 3.05) is 0 Å². The first kappa shape index (κ1) is 10.7. The molecule has 0 bridgehead atoms. The van der Waals surface area contributed by atoms with Gasteiger partial charge in [-0.2, -0.15) is 4.39 Å². The highest BCUT2D eigenvalue weighted by Crippen LogP contribution is 2.27. The molecule has 1 aliphatic heterocycles. The number of aliphatic carboxylic acids is 1. The molecule has 1 aromatic rings. The second-order valence-corrected chi connectivity index (χ2v) is 3.44. The van der Waals surface area contributed by atoms with E-state index in [1.54, 1.807) is 0 Å². The van der Waals surface area contributed by atoms with Gasteiger partial charge in [-0.1, -0.05) is 6.07 Å². The summed E-state index contributed by atoms with van der Waals surface area (Å²) in [5.41, 5.74) is 0.0961. The van der Waals surface area contributed by atoms with Gasteiger partial charge in [0.1, 0.15) is 5.82 Å². The molecule has 1 unspecified atom stereocenters. The molecule has 1 N–H and O–H groups in total. The number of carboxylic acid groups (broad SMARTS) is 1. The zero-order chi connectivity index (χ0) is 12.1. The van der Waals surface area contributed by atoms with E-state index >= 15 is 0 Å². The fraction of sp³-hybridized carbons (Fsp3) is 0.200. The van der Waals surface area contributed by atoms with E-state index in [2.05, 4.69) is 4.99 Å². The van der Waals surface area contributed by atoms with Crippen LogP contribution in [0.4, 0.5) is 13.2 Å². The maximum absolute atomic E-state index is 13.6. The molecule has 0 amide bonds. The lowest BCUT2D eigenvalue weighted by molar-refractivity contribution is -0.147. The number of fused-ring (bicyclic) bond motifs is 1. The van der Waals surface area contributed by atoms with Gasteiger partial charge in [-0.15, -0.1) is 0 Å². The summed E-state index contributed by atoms with van der Waals surface area (Å²) in [5, 5.41) is 7.49. The Morgan fingerprint density at radius 2 is 2.06 bits per heavy atom. The summed E-state index contributed by atoms with van der Waals surface area (Å²) in [4.78, 5) is 13.6. The van der Waals surface area contributed by atoms with Crippen LogP contribution in [0.5, 0.6) is 0 Å². The van der Waals surface area contributed by atoms with Crippen LogP contribution in [0.15, 0.2) is 17.1 Å². The minimum absolute atomic E-state index is 0.0961. The molecular weight excluding hydrogens is 223 g/mol. The topological polar surface area (TPSA) is 49.7 Å². The number of rotatable bonds is 1. The predicted octanol–water partition coefficient (Wildman–Crippen LogP) is 0.595. The molecule has 2 rings (SSSR count). The van der Waals surface area contributed by atoms with E-state index in [1.807, 2.05) is 0 Å². The molecule has 1 aromatic carbocycles. The van der Waals surface area contributed by atoms with Gasteiger partial charge in [-0.3, -0.25) is 0 Å². The van der Waals surface area contributed by atoms with Crippen molar-refractivity contribution in [3.05, 3.63) is 34.1 Å². The Labute approximate surface area is 87.5 Å². The van der Waals surface area contributed by atoms with E-state index in [1.165, 1.54) is 19.1 Å². The Hall–Kier alpha value is -1.85. The van der Waals surface area contributed by atoms with E-state index in [0.29, 0.717) is 0 Å². The van der Waals surface area contributed by atoms with Crippen LogP contribution in [0.2, 0.25) is 0 Å². The van der Waals surface area contributed by atoms with Crippen LogP contribution in [0, 0.1) is 12.7 Å². The zero-order valence-corrected chi connectivity index (χ0v) is 8.09. The fourth-order valence-electron chi connectivity index (χ4n) is 1.49. The summed E-state index contributed by atoms with van der Waals surface area (Å²) in [5.74, 6) is -8.30. The first-order chi connectivity index (χ1) is 7.38. The second kappa shape index (κ2) is 3.07. The van der Waals surface area contributed by atoms with E-state index in [-0.39, 0.29) is 10.9 Å². The number of hydrogen-bond donors (Lipinski definition) is 1. The third-order valence-electron chi connectivity index (χ3n) is 2.38. The largest absolute Gasteiger partial charge is 0.477 e. The first-order valence-electron chi connectivity index (χ1n) is 4.35. The molecule has 3 nitrogen and oxygen atoms in total. The molecule has 0 radical (unpaired) electrons. The Morgan fingerprint density at radius 1 is 1.44 bits per heavy atom. The summed E-state index contributed by atoms with van der Waals surface area (Å²) in [6, 6.07) is 2.45. The number of aryl methyl sites for hydroxylation is 1. The monoisotopic (exact) mass is 229 g/mol. The molecule has 1 aliphatic rings. The third-order valence-corrected chi connectivity index (χ3v) is 2.38. The highest BCUT2D eigenvalue weighted by molar-refractivity contribution is 5.88. The Balaban J connectivity index is 2.92. The lowest BCUT2D eigenvalue weighted by atomic mass is 10.1. The normalized spacial score (nSPS) is 22.9. The minimum Gasteiger partial charge on any atom is -0.477 e. The van der Waals surface area contributed by atoms with E-state index in [0.717, 1.165) is 0 Å². The molecule has 1 heterocycles. The highest BCUT2D eigenvalue weighted by Gasteiger charge is 2.47. The van der Waals surface area contributed by atoms with Gasteiger partial charge in [0.2, 0.25) is 0 Å². The first-order valence-corrected chi connectivity index (χ1v) is 4.35. The molecule has 0 saturated heterocycles. The maximum atomic E-state index is 13.6. The fourth-order valence-corrected chi connectivity index (χ4v) is 1.49. The van der Waals surface area contributed by atoms with Gasteiger partial charge in [0, 0.05) is 0 Å². The number of benzene rings is 1. The van der Waals surface area contributed by atoms with Gasteiger partial charge in [0.05, 0.1) is 10.6 Å². The average molecular weight is 229 g/mol. The van der Waals surface area contributed by atoms with Crippen molar-refractivity contribution in [3.8, 4) is 0 Å². The third kappa shape index (κ3) is 1.16. The Kier molecular flexibility index (Phi) is 2.04. The molecule has 0 aromatic heterocycles. The van der Waals surface area contributed by atoms with Crippen molar-refractivity contribution in [2.24, 2.45) is 4.99 Å². The molecule has 6 heteroatoms. The van der Waals surface area contributed by atoms with Crippen molar-refractivity contribution >= 4 is 11.8 Å². The number of carboxylic acids is 1. The van der Waals surface area contributed by atoms with E-state index in [9.17, 15) is 18.0 Å². The lowest BCUT2D eigenvalue weighted by Gasteiger charge is -2.08. The molecular formula is C10H6F3NO2. The summed E-state index contributed by atoms with van der Waals surface area (Å²) in [6.07, 6.45) is 0. The van der Waals surface area contributed by atoms with Crippen molar-refractivity contribution in [2.45, 2.75) is 12.7 Å². The van der Waals surface area contributed by atoms with Crippen molar-refractivity contribution in [1.82, 2.24) is 0 Å². The van der Waals surface area contributed by atoms with E-state index < -0.39 is 28.6 Å². The Morgan fingerprint density at radius 3 is 2.62 bits per heavy atom. The summed E-state index contributed by atoms with van der Waals surface area (Å²) >= 11 is 0. The Bertz CT molecular complexity index is 611. The zero-order valence-electron chi connectivity index (χ0n) is 8.09. The number of nitrogens with zero attached hydrogens (tertiary/aromatic N) is 1. The van der Waals surface area contributed by atoms with Crippen LogP contribution >= 0.6 is 0 Å². The number of alkyl halides is 1. The summed E-state index contributed by atoms with van der Waals surface area (Å²) in [6.45, 7) is 1.36. The number of carbonyl (C=O) groups is 1. The van der Waals surface area contributed by atoms with Crippen LogP contribution < -0.4 is 10.6 Å². The molecule has 84 valence electrons. The van der Waals surface area contributed by atoms with Crippen LogP contribution in [0.3, 0.4) is 0 Å². The molecule has 16 heavy (non-hydrogen) atoms. The van der Waals surface area contributed by atoms with Crippen LogP contribution in [0.1, 0.15) is 5.56 Å². The summed E-state index contributed by atoms with van der Waals surface area (Å²) < 4.78 is 40.6. The standard InChI is InChI=1S/C10H6F3NO2/c1-4-2-3-5-6(7(4)11)8(12)10(13,14-5)9(15)16/h2-3H,1H3,(H,15,16). The van der Waals surface area contributed by atoms with Crippen molar-refractivity contribution in [3.63, 3.8) is 0 Å². The van der Waals surface area contributed by atoms with Gasteiger partial charge in [-0.05, 0) is 18.6 Å². The van der Waals surface area contributed by atoms with Crippen molar-refractivity contribution in [1.29, 1.82) is 0 Å². The maximum Gasteiger partial charge on any atom is 0.372 e. The molecule has 0 saturated carbocycles. The number of hydrogen-bond acceptors (Lipinski definition) is 2. The van der Waals surface area contributed by atoms with Crippen LogP contribution in [-0.2, 0) is 4.79 Å². The molecule has 0 aliphatic carbocycles. The average Bonchev–Trinajstić information content (AvgIpc) is 2.48. The van der Waals surface area contributed by atoms with Gasteiger partial charge in [0.25, 0.3) is 0 Å². The van der Waals surface area contributed by atoms with Crippen LogP contribution in [-0.4, -0.2) is 16.9 Å². The molecule has 1 atom stereocenters. The minimum atomic E-state index is -3.50. The quantitative estimate of drug-likeness (QED) is 0.717. The summed E-state index contributed by atoms with van der Waals surface area (Å²) in [7, 11) is 0.